The van der Waals surface area contributed by atoms with Crippen molar-refractivity contribution in [3.8, 4) is 5.75 Å². The Morgan fingerprint density at radius 3 is 2.53 bits per heavy atom. The summed E-state index contributed by atoms with van der Waals surface area (Å²) in [5, 5.41) is 1.45. The van der Waals surface area contributed by atoms with Crippen LogP contribution in [0.2, 0.25) is 0 Å². The largest absolute Gasteiger partial charge is 0.497 e. The summed E-state index contributed by atoms with van der Waals surface area (Å²) < 4.78 is 5.11. The molecule has 0 aliphatic carbocycles. The maximum atomic E-state index is 11.3. The summed E-state index contributed by atoms with van der Waals surface area (Å²) in [6.45, 7) is 3.51. The molecular formula is C13H17NO3. The smallest absolute Gasteiger partial charge is 0.243 e. The third-order valence-electron chi connectivity index (χ3n) is 2.99. The van der Waals surface area contributed by atoms with Gasteiger partial charge in [0.15, 0.2) is 0 Å². The number of carbonyl (C=O) groups is 1. The van der Waals surface area contributed by atoms with Crippen LogP contribution < -0.4 is 4.74 Å². The van der Waals surface area contributed by atoms with Crippen LogP contribution in [0.25, 0.3) is 0 Å². The van der Waals surface area contributed by atoms with Gasteiger partial charge in [-0.2, -0.15) is 0 Å². The van der Waals surface area contributed by atoms with Gasteiger partial charge in [0.2, 0.25) is 5.91 Å². The molecule has 17 heavy (non-hydrogen) atoms. The topological polar surface area (TPSA) is 38.8 Å². The van der Waals surface area contributed by atoms with E-state index in [1.807, 2.05) is 31.2 Å². The number of nitrogens with zero attached hydrogens (tertiary/aromatic N) is 1. The van der Waals surface area contributed by atoms with E-state index in [0.29, 0.717) is 0 Å². The normalized spacial score (nSPS) is 23.8. The number of hydroxylamine groups is 2. The fourth-order valence-corrected chi connectivity index (χ4v) is 2.09. The van der Waals surface area contributed by atoms with Crippen LogP contribution in [-0.4, -0.2) is 24.1 Å². The lowest BCUT2D eigenvalue weighted by Gasteiger charge is -2.17. The number of ether oxygens (including phenoxy) is 1. The van der Waals surface area contributed by atoms with Crippen molar-refractivity contribution in [2.75, 3.05) is 7.11 Å². The molecule has 1 aliphatic rings. The van der Waals surface area contributed by atoms with E-state index in [1.54, 1.807) is 7.11 Å². The molecule has 0 unspecified atom stereocenters. The zero-order chi connectivity index (χ0) is 12.4. The highest BCUT2D eigenvalue weighted by molar-refractivity contribution is 5.72. The molecule has 1 amide bonds. The van der Waals surface area contributed by atoms with E-state index in [9.17, 15) is 4.79 Å². The van der Waals surface area contributed by atoms with Crippen molar-refractivity contribution >= 4 is 5.91 Å². The molecule has 1 fully saturated rings. The predicted octanol–water partition coefficient (Wildman–Crippen LogP) is 2.31. The summed E-state index contributed by atoms with van der Waals surface area (Å²) in [7, 11) is 1.64. The molecule has 0 N–H and O–H groups in total. The highest BCUT2D eigenvalue weighted by Gasteiger charge is 2.33. The quantitative estimate of drug-likeness (QED) is 0.789. The van der Waals surface area contributed by atoms with E-state index in [1.165, 1.54) is 12.0 Å². The van der Waals surface area contributed by atoms with Crippen molar-refractivity contribution in [2.45, 2.75) is 32.4 Å². The van der Waals surface area contributed by atoms with Gasteiger partial charge in [-0.1, -0.05) is 12.1 Å². The predicted molar refractivity (Wildman–Crippen MR) is 63.4 cm³/mol. The van der Waals surface area contributed by atoms with Crippen molar-refractivity contribution in [1.29, 1.82) is 0 Å². The number of hydrogen-bond donors (Lipinski definition) is 0. The van der Waals surface area contributed by atoms with Crippen molar-refractivity contribution in [2.24, 2.45) is 0 Å². The average Bonchev–Trinajstić information content (AvgIpc) is 2.71. The van der Waals surface area contributed by atoms with Crippen LogP contribution in [0.4, 0.5) is 0 Å². The molecule has 0 radical (unpaired) electrons. The highest BCUT2D eigenvalue weighted by atomic mass is 16.7. The molecule has 1 aromatic carbocycles. The van der Waals surface area contributed by atoms with Gasteiger partial charge < -0.3 is 4.74 Å². The molecule has 0 bridgehead atoms. The van der Waals surface area contributed by atoms with Crippen LogP contribution in [0.15, 0.2) is 24.3 Å². The minimum atomic E-state index is -0.0477. The number of amides is 1. The van der Waals surface area contributed by atoms with Crippen molar-refractivity contribution < 1.29 is 14.4 Å². The highest BCUT2D eigenvalue weighted by Crippen LogP contribution is 2.33. The molecule has 2 atom stereocenters. The molecule has 92 valence electrons. The summed E-state index contributed by atoms with van der Waals surface area (Å²) in [5.74, 6) is 0.775. The van der Waals surface area contributed by atoms with Gasteiger partial charge in [-0.05, 0) is 24.6 Å². The van der Waals surface area contributed by atoms with Gasteiger partial charge in [0, 0.05) is 13.3 Å². The van der Waals surface area contributed by atoms with E-state index < -0.39 is 0 Å². The van der Waals surface area contributed by atoms with E-state index in [0.717, 1.165) is 17.7 Å². The number of benzene rings is 1. The second-order valence-electron chi connectivity index (χ2n) is 4.30. The lowest BCUT2D eigenvalue weighted by atomic mass is 10.0. The second-order valence-corrected chi connectivity index (χ2v) is 4.30. The van der Waals surface area contributed by atoms with Gasteiger partial charge in [-0.3, -0.25) is 9.63 Å². The number of carbonyl (C=O) groups excluding carboxylic acids is 1. The average molecular weight is 235 g/mol. The molecule has 1 heterocycles. The van der Waals surface area contributed by atoms with Gasteiger partial charge in [0.25, 0.3) is 0 Å². The lowest BCUT2D eigenvalue weighted by Crippen LogP contribution is -2.30. The molecule has 0 saturated carbocycles. The Morgan fingerprint density at radius 2 is 2.06 bits per heavy atom. The third-order valence-corrected chi connectivity index (χ3v) is 2.99. The molecule has 0 spiro atoms. The van der Waals surface area contributed by atoms with Crippen LogP contribution in [-0.2, 0) is 9.63 Å². The first-order valence-corrected chi connectivity index (χ1v) is 5.72. The van der Waals surface area contributed by atoms with E-state index in [2.05, 4.69) is 0 Å². The van der Waals surface area contributed by atoms with Gasteiger partial charge in [0.05, 0.1) is 13.2 Å². The van der Waals surface area contributed by atoms with Crippen LogP contribution in [0.1, 0.15) is 31.9 Å². The molecule has 4 heteroatoms. The summed E-state index contributed by atoms with van der Waals surface area (Å²) in [6, 6.07) is 7.87. The Morgan fingerprint density at radius 1 is 1.41 bits per heavy atom. The molecule has 1 aromatic rings. The zero-order valence-electron chi connectivity index (χ0n) is 10.3. The van der Waals surface area contributed by atoms with Gasteiger partial charge in [-0.25, -0.2) is 5.06 Å². The number of methoxy groups -OCH3 is 1. The fourth-order valence-electron chi connectivity index (χ4n) is 2.09. The van der Waals surface area contributed by atoms with Crippen LogP contribution in [0, 0.1) is 0 Å². The van der Waals surface area contributed by atoms with Crippen LogP contribution in [0.5, 0.6) is 5.75 Å². The van der Waals surface area contributed by atoms with Crippen LogP contribution in [0.3, 0.4) is 0 Å². The van der Waals surface area contributed by atoms with Crippen molar-refractivity contribution in [3.63, 3.8) is 0 Å². The zero-order valence-corrected chi connectivity index (χ0v) is 10.3. The van der Waals surface area contributed by atoms with Crippen LogP contribution >= 0.6 is 0 Å². The first-order chi connectivity index (χ1) is 8.11. The first kappa shape index (κ1) is 11.9. The van der Waals surface area contributed by atoms with Crippen molar-refractivity contribution in [1.82, 2.24) is 5.06 Å². The minimum absolute atomic E-state index is 0.0418. The summed E-state index contributed by atoms with van der Waals surface area (Å²) >= 11 is 0. The Hall–Kier alpha value is -1.55. The van der Waals surface area contributed by atoms with Gasteiger partial charge >= 0.3 is 0 Å². The Labute approximate surface area is 101 Å². The molecule has 1 aliphatic heterocycles. The van der Waals surface area contributed by atoms with Crippen molar-refractivity contribution in [3.05, 3.63) is 29.8 Å². The molecule has 1 saturated heterocycles. The molecular weight excluding hydrogens is 218 g/mol. The Bertz CT molecular complexity index is 402. The van der Waals surface area contributed by atoms with E-state index >= 15 is 0 Å². The monoisotopic (exact) mass is 235 g/mol. The standard InChI is InChI=1S/C13H17NO3/c1-9-8-13(17-14(9)10(2)15)11-4-6-12(16-3)7-5-11/h4-7,9,13H,8H2,1-3H3/t9-,13-/m0/s1. The summed E-state index contributed by atoms with van der Waals surface area (Å²) in [5.41, 5.74) is 1.07. The van der Waals surface area contributed by atoms with E-state index in [4.69, 9.17) is 9.57 Å². The molecule has 2 rings (SSSR count). The van der Waals surface area contributed by atoms with E-state index in [-0.39, 0.29) is 18.1 Å². The third kappa shape index (κ3) is 2.42. The SMILES string of the molecule is COc1ccc([C@@H]2C[C@H](C)N(C(C)=O)O2)cc1. The van der Waals surface area contributed by atoms with Gasteiger partial charge in [-0.15, -0.1) is 0 Å². The molecule has 0 aromatic heterocycles. The molecule has 4 nitrogen and oxygen atoms in total. The Balaban J connectivity index is 2.11. The summed E-state index contributed by atoms with van der Waals surface area (Å²) in [4.78, 5) is 17.0. The maximum absolute atomic E-state index is 11.3. The number of rotatable bonds is 2. The minimum Gasteiger partial charge on any atom is -0.497 e. The first-order valence-electron chi connectivity index (χ1n) is 5.72. The summed E-state index contributed by atoms with van der Waals surface area (Å²) in [6.07, 6.45) is 0.783. The fraction of sp³-hybridized carbons (Fsp3) is 0.462. The lowest BCUT2D eigenvalue weighted by molar-refractivity contribution is -0.185. The maximum Gasteiger partial charge on any atom is 0.243 e. The second kappa shape index (κ2) is 4.75. The number of hydrogen-bond acceptors (Lipinski definition) is 3. The Kier molecular flexibility index (Phi) is 3.33. The van der Waals surface area contributed by atoms with Gasteiger partial charge in [0.1, 0.15) is 11.9 Å².